The van der Waals surface area contributed by atoms with Crippen molar-refractivity contribution in [2.75, 3.05) is 0 Å². The van der Waals surface area contributed by atoms with Crippen molar-refractivity contribution < 1.29 is 4.39 Å². The summed E-state index contributed by atoms with van der Waals surface area (Å²) in [6, 6.07) is 4.39. The van der Waals surface area contributed by atoms with E-state index in [0.717, 1.165) is 36.2 Å². The Hall–Kier alpha value is -0.850. The van der Waals surface area contributed by atoms with Crippen molar-refractivity contribution in [1.82, 2.24) is 0 Å². The number of aryl methyl sites for hydroxylation is 1. The molecule has 2 fully saturated rings. The Kier molecular flexibility index (Phi) is 9.13. The Labute approximate surface area is 198 Å². The van der Waals surface area contributed by atoms with Gasteiger partial charge in [0.15, 0.2) is 0 Å². The molecular formula is C31H49F. The molecule has 0 aromatic heterocycles. The molecule has 1 heteroatoms. The molecule has 0 bridgehead atoms. The van der Waals surface area contributed by atoms with Gasteiger partial charge in [0.25, 0.3) is 0 Å². The molecule has 2 saturated carbocycles. The maximum absolute atomic E-state index is 15.2. The molecule has 1 aromatic carbocycles. The van der Waals surface area contributed by atoms with Gasteiger partial charge < -0.3 is 0 Å². The summed E-state index contributed by atoms with van der Waals surface area (Å²) in [5, 5.41) is 0. The highest BCUT2D eigenvalue weighted by Gasteiger charge is 2.36. The highest BCUT2D eigenvalue weighted by molar-refractivity contribution is 5.37. The molecule has 3 aliphatic carbocycles. The summed E-state index contributed by atoms with van der Waals surface area (Å²) in [7, 11) is 0. The summed E-state index contributed by atoms with van der Waals surface area (Å²) < 4.78 is 15.2. The molecule has 180 valence electrons. The number of unbranched alkanes of at least 4 members (excludes halogenated alkanes) is 5. The molecule has 3 aliphatic rings. The van der Waals surface area contributed by atoms with E-state index in [1.807, 2.05) is 6.07 Å². The van der Waals surface area contributed by atoms with Crippen LogP contribution in [-0.2, 0) is 12.8 Å². The lowest BCUT2D eigenvalue weighted by Crippen LogP contribution is -2.30. The van der Waals surface area contributed by atoms with Crippen LogP contribution in [0.4, 0.5) is 4.39 Å². The first-order valence-electron chi connectivity index (χ1n) is 14.5. The average Bonchev–Trinajstić information content (AvgIpc) is 2.82. The number of benzene rings is 1. The number of fused-ring (bicyclic) bond motifs is 2. The third-order valence-corrected chi connectivity index (χ3v) is 9.50. The fourth-order valence-electron chi connectivity index (χ4n) is 7.50. The van der Waals surface area contributed by atoms with Crippen LogP contribution in [-0.4, -0.2) is 0 Å². The molecule has 0 radical (unpaired) electrons. The van der Waals surface area contributed by atoms with Crippen LogP contribution in [0.5, 0.6) is 0 Å². The lowest BCUT2D eigenvalue weighted by atomic mass is 9.63. The molecule has 0 spiro atoms. The Morgan fingerprint density at radius 2 is 1.47 bits per heavy atom. The largest absolute Gasteiger partial charge is 0.207 e. The van der Waals surface area contributed by atoms with Gasteiger partial charge >= 0.3 is 0 Å². The van der Waals surface area contributed by atoms with E-state index in [4.69, 9.17) is 0 Å². The van der Waals surface area contributed by atoms with E-state index >= 15 is 4.39 Å². The van der Waals surface area contributed by atoms with Gasteiger partial charge in [0.1, 0.15) is 5.82 Å². The second kappa shape index (κ2) is 12.0. The van der Waals surface area contributed by atoms with Crippen molar-refractivity contribution in [2.45, 2.75) is 135 Å². The summed E-state index contributed by atoms with van der Waals surface area (Å²) in [4.78, 5) is 0. The smallest absolute Gasteiger partial charge is 0.126 e. The molecule has 0 aliphatic heterocycles. The zero-order valence-electron chi connectivity index (χ0n) is 21.1. The van der Waals surface area contributed by atoms with Gasteiger partial charge in [0.2, 0.25) is 0 Å². The molecule has 0 heterocycles. The van der Waals surface area contributed by atoms with Crippen molar-refractivity contribution >= 4 is 0 Å². The van der Waals surface area contributed by atoms with Gasteiger partial charge in [-0.25, -0.2) is 4.39 Å². The van der Waals surface area contributed by atoms with E-state index in [9.17, 15) is 0 Å². The monoisotopic (exact) mass is 440 g/mol. The van der Waals surface area contributed by atoms with Gasteiger partial charge in [0, 0.05) is 0 Å². The predicted octanol–water partition coefficient (Wildman–Crippen LogP) is 9.78. The molecular weight excluding hydrogens is 391 g/mol. The molecule has 5 unspecified atom stereocenters. The maximum Gasteiger partial charge on any atom is 0.126 e. The van der Waals surface area contributed by atoms with Crippen LogP contribution in [0.2, 0.25) is 0 Å². The molecule has 0 amide bonds. The second-order valence-electron chi connectivity index (χ2n) is 11.8. The van der Waals surface area contributed by atoms with Crippen molar-refractivity contribution in [2.24, 2.45) is 23.7 Å². The average molecular weight is 441 g/mol. The molecule has 0 saturated heterocycles. The van der Waals surface area contributed by atoms with Gasteiger partial charge in [-0.15, -0.1) is 0 Å². The predicted molar refractivity (Wildman–Crippen MR) is 136 cm³/mol. The van der Waals surface area contributed by atoms with Crippen molar-refractivity contribution in [3.63, 3.8) is 0 Å². The van der Waals surface area contributed by atoms with E-state index in [1.165, 1.54) is 114 Å². The molecule has 0 nitrogen and oxygen atoms in total. The summed E-state index contributed by atoms with van der Waals surface area (Å²) in [5.74, 6) is 4.30. The third kappa shape index (κ3) is 6.18. The van der Waals surface area contributed by atoms with Gasteiger partial charge in [0.05, 0.1) is 0 Å². The highest BCUT2D eigenvalue weighted by Crippen LogP contribution is 2.49. The molecule has 5 atom stereocenters. The first-order chi connectivity index (χ1) is 15.7. The minimum atomic E-state index is 0.121. The Morgan fingerprint density at radius 1 is 0.750 bits per heavy atom. The minimum Gasteiger partial charge on any atom is -0.207 e. The molecule has 4 rings (SSSR count). The molecule has 0 N–H and O–H groups in total. The summed E-state index contributed by atoms with van der Waals surface area (Å²) in [6.07, 6.45) is 24.1. The van der Waals surface area contributed by atoms with Crippen molar-refractivity contribution in [3.8, 4) is 0 Å². The van der Waals surface area contributed by atoms with E-state index in [0.29, 0.717) is 11.8 Å². The first-order valence-corrected chi connectivity index (χ1v) is 14.5. The lowest BCUT2D eigenvalue weighted by molar-refractivity contribution is 0.113. The Bertz CT molecular complexity index is 707. The zero-order valence-corrected chi connectivity index (χ0v) is 21.1. The number of hydrogen-bond acceptors (Lipinski definition) is 0. The third-order valence-electron chi connectivity index (χ3n) is 9.50. The normalized spacial score (nSPS) is 30.0. The number of rotatable bonds is 10. The van der Waals surface area contributed by atoms with Crippen molar-refractivity contribution in [1.29, 1.82) is 0 Å². The van der Waals surface area contributed by atoms with Gasteiger partial charge in [-0.2, -0.15) is 0 Å². The minimum absolute atomic E-state index is 0.121. The van der Waals surface area contributed by atoms with Crippen LogP contribution in [0.15, 0.2) is 12.1 Å². The van der Waals surface area contributed by atoms with Crippen LogP contribution >= 0.6 is 0 Å². The summed E-state index contributed by atoms with van der Waals surface area (Å²) in [5.41, 5.74) is 3.76. The van der Waals surface area contributed by atoms with Crippen LogP contribution in [0.3, 0.4) is 0 Å². The molecule has 32 heavy (non-hydrogen) atoms. The van der Waals surface area contributed by atoms with E-state index in [-0.39, 0.29) is 5.82 Å². The van der Waals surface area contributed by atoms with E-state index in [2.05, 4.69) is 19.9 Å². The number of halogens is 1. The van der Waals surface area contributed by atoms with Gasteiger partial charge in [-0.1, -0.05) is 84.1 Å². The fraction of sp³-hybridized carbons (Fsp3) is 0.806. The quantitative estimate of drug-likeness (QED) is 0.317. The van der Waals surface area contributed by atoms with Gasteiger partial charge in [-0.05, 0) is 104 Å². The summed E-state index contributed by atoms with van der Waals surface area (Å²) >= 11 is 0. The summed E-state index contributed by atoms with van der Waals surface area (Å²) in [6.45, 7) is 4.58. The second-order valence-corrected chi connectivity index (χ2v) is 11.8. The Balaban J connectivity index is 1.31. The van der Waals surface area contributed by atoms with Crippen LogP contribution in [0, 0.1) is 29.5 Å². The fourth-order valence-corrected chi connectivity index (χ4v) is 7.50. The number of hydrogen-bond donors (Lipinski definition) is 0. The van der Waals surface area contributed by atoms with E-state index < -0.39 is 0 Å². The molecule has 1 aromatic rings. The van der Waals surface area contributed by atoms with Crippen LogP contribution in [0.1, 0.15) is 139 Å². The van der Waals surface area contributed by atoms with Crippen molar-refractivity contribution in [3.05, 3.63) is 34.6 Å². The highest BCUT2D eigenvalue weighted by atomic mass is 19.1. The van der Waals surface area contributed by atoms with E-state index in [1.54, 1.807) is 0 Å². The van der Waals surface area contributed by atoms with Gasteiger partial charge in [-0.3, -0.25) is 0 Å². The first kappa shape index (κ1) is 24.3. The standard InChI is InChI=1S/C31H49F/c1-3-5-7-9-11-23-12-14-26-20-27(17-16-25(26)18-23)29-21-28-15-13-24(10-8-6-4-2)19-30(28)31(32)22-29/h21-27H,3-20H2,1-2H3. The topological polar surface area (TPSA) is 0 Å². The zero-order chi connectivity index (χ0) is 22.3. The van der Waals surface area contributed by atoms with Crippen LogP contribution in [0.25, 0.3) is 0 Å². The SMILES string of the molecule is CCCCCCC1CCC2CC(c3cc(F)c4c(c3)CCC(CCCCC)C4)CCC2C1. The Morgan fingerprint density at radius 3 is 2.31 bits per heavy atom. The maximum atomic E-state index is 15.2. The lowest BCUT2D eigenvalue weighted by Gasteiger charge is -2.42. The van der Waals surface area contributed by atoms with Crippen LogP contribution < -0.4 is 0 Å².